The van der Waals surface area contributed by atoms with Crippen LogP contribution in [0.25, 0.3) is 0 Å². The van der Waals surface area contributed by atoms with E-state index in [2.05, 4.69) is 15.9 Å². The number of ketones is 1. The maximum Gasteiger partial charge on any atom is 0.179 e. The predicted molar refractivity (Wildman–Crippen MR) is 55.7 cm³/mol. The number of alkyl halides is 1. The van der Waals surface area contributed by atoms with Crippen LogP contribution in [0.4, 0.5) is 4.39 Å². The first-order valence-electron chi connectivity index (χ1n) is 4.08. The van der Waals surface area contributed by atoms with Gasteiger partial charge in [0.25, 0.3) is 0 Å². The summed E-state index contributed by atoms with van der Waals surface area (Å²) in [5, 5.41) is 0. The van der Waals surface area contributed by atoms with Crippen LogP contribution in [-0.4, -0.2) is 17.7 Å². The number of hydrogen-bond acceptors (Lipinski definition) is 2. The predicted octanol–water partition coefficient (Wildman–Crippen LogP) is 2.80. The van der Waals surface area contributed by atoms with Gasteiger partial charge in [0.1, 0.15) is 11.6 Å². The van der Waals surface area contributed by atoms with Gasteiger partial charge < -0.3 is 4.74 Å². The fourth-order valence-corrected chi connectivity index (χ4v) is 1.33. The number of ether oxygens (including phenoxy) is 1. The average Bonchev–Trinajstić information content (AvgIpc) is 2.16. The summed E-state index contributed by atoms with van der Waals surface area (Å²) in [4.78, 5) is 11.2. The molecule has 14 heavy (non-hydrogen) atoms. The molecule has 0 bridgehead atoms. The first-order chi connectivity index (χ1) is 6.56. The molecule has 0 saturated heterocycles. The molecule has 0 saturated carbocycles. The molecule has 0 aliphatic rings. The van der Waals surface area contributed by atoms with Crippen molar-refractivity contribution in [1.29, 1.82) is 0 Å². The Hall–Kier alpha value is -0.900. The highest BCUT2D eigenvalue weighted by Gasteiger charge is 2.17. The number of carbonyl (C=O) groups is 1. The van der Waals surface area contributed by atoms with Crippen LogP contribution in [0.2, 0.25) is 0 Å². The van der Waals surface area contributed by atoms with Crippen LogP contribution in [-0.2, 0) is 0 Å². The van der Waals surface area contributed by atoms with Gasteiger partial charge in [0, 0.05) is 0 Å². The van der Waals surface area contributed by atoms with Gasteiger partial charge in [-0.1, -0.05) is 15.9 Å². The van der Waals surface area contributed by atoms with Crippen LogP contribution >= 0.6 is 15.9 Å². The maximum atomic E-state index is 12.9. The van der Waals surface area contributed by atoms with E-state index in [1.165, 1.54) is 25.3 Å². The van der Waals surface area contributed by atoms with E-state index in [1.807, 2.05) is 0 Å². The van der Waals surface area contributed by atoms with Crippen LogP contribution in [0, 0.1) is 5.82 Å². The number of hydrogen-bond donors (Lipinski definition) is 0. The summed E-state index contributed by atoms with van der Waals surface area (Å²) in [6.07, 6.45) is 0. The molecule has 0 amide bonds. The number of Topliss-reactive ketones (excluding diaryl/α,β-unsaturated/α-hetero) is 1. The summed E-state index contributed by atoms with van der Waals surface area (Å²) in [5.41, 5.74) is 0.261. The second-order valence-electron chi connectivity index (χ2n) is 2.82. The summed E-state index contributed by atoms with van der Waals surface area (Å²) < 4.78 is 17.8. The minimum Gasteiger partial charge on any atom is -0.496 e. The summed E-state index contributed by atoms with van der Waals surface area (Å²) in [6, 6.07) is 3.88. The number of halogens is 2. The Labute approximate surface area is 90.2 Å². The van der Waals surface area contributed by atoms with Gasteiger partial charge >= 0.3 is 0 Å². The molecule has 1 unspecified atom stereocenters. The normalized spacial score (nSPS) is 12.3. The fraction of sp³-hybridized carbons (Fsp3) is 0.300. The van der Waals surface area contributed by atoms with Crippen molar-refractivity contribution < 1.29 is 13.9 Å². The Morgan fingerprint density at radius 1 is 1.57 bits per heavy atom. The van der Waals surface area contributed by atoms with Gasteiger partial charge in [-0.3, -0.25) is 4.79 Å². The number of methoxy groups -OCH3 is 1. The molecule has 0 heterocycles. The molecular formula is C10H10BrFO2. The largest absolute Gasteiger partial charge is 0.496 e. The summed E-state index contributed by atoms with van der Waals surface area (Å²) in [6.45, 7) is 1.69. The van der Waals surface area contributed by atoms with Gasteiger partial charge in [-0.15, -0.1) is 0 Å². The molecule has 1 atom stereocenters. The lowest BCUT2D eigenvalue weighted by atomic mass is 10.1. The van der Waals surface area contributed by atoms with Gasteiger partial charge in [-0.2, -0.15) is 0 Å². The quantitative estimate of drug-likeness (QED) is 0.617. The van der Waals surface area contributed by atoms with Crippen molar-refractivity contribution in [3.8, 4) is 5.75 Å². The Balaban J connectivity index is 3.17. The standard InChI is InChI=1S/C10H10BrFO2/c1-6(11)10(13)8-5-7(12)3-4-9(8)14-2/h3-6H,1-2H3. The number of carbonyl (C=O) groups excluding carboxylic acids is 1. The van der Waals surface area contributed by atoms with Crippen molar-refractivity contribution in [2.75, 3.05) is 7.11 Å². The van der Waals surface area contributed by atoms with E-state index in [4.69, 9.17) is 4.74 Å². The molecule has 0 aliphatic carbocycles. The van der Waals surface area contributed by atoms with Crippen LogP contribution in [0.3, 0.4) is 0 Å². The molecule has 1 aromatic rings. The lowest BCUT2D eigenvalue weighted by Crippen LogP contribution is -2.11. The van der Waals surface area contributed by atoms with E-state index in [0.717, 1.165) is 0 Å². The Morgan fingerprint density at radius 2 is 2.21 bits per heavy atom. The Morgan fingerprint density at radius 3 is 2.71 bits per heavy atom. The molecule has 0 spiro atoms. The van der Waals surface area contributed by atoms with Crippen molar-refractivity contribution in [3.63, 3.8) is 0 Å². The van der Waals surface area contributed by atoms with E-state index in [-0.39, 0.29) is 16.2 Å². The van der Waals surface area contributed by atoms with Crippen LogP contribution in [0.1, 0.15) is 17.3 Å². The molecule has 0 aliphatic heterocycles. The zero-order chi connectivity index (χ0) is 10.7. The highest BCUT2D eigenvalue weighted by Crippen LogP contribution is 2.22. The molecule has 76 valence electrons. The minimum absolute atomic E-state index is 0.193. The summed E-state index contributed by atoms with van der Waals surface area (Å²) >= 11 is 3.14. The zero-order valence-electron chi connectivity index (χ0n) is 7.88. The van der Waals surface area contributed by atoms with E-state index in [0.29, 0.717) is 5.75 Å². The summed E-state index contributed by atoms with van der Waals surface area (Å²) in [7, 11) is 1.45. The Kier molecular flexibility index (Phi) is 3.63. The maximum absolute atomic E-state index is 12.9. The van der Waals surface area contributed by atoms with Gasteiger partial charge in [-0.25, -0.2) is 4.39 Å². The average molecular weight is 261 g/mol. The summed E-state index contributed by atoms with van der Waals surface area (Å²) in [5.74, 6) is -0.244. The molecule has 0 N–H and O–H groups in total. The smallest absolute Gasteiger partial charge is 0.179 e. The molecular weight excluding hydrogens is 251 g/mol. The minimum atomic E-state index is -0.442. The molecule has 0 fully saturated rings. The van der Waals surface area contributed by atoms with Crippen molar-refractivity contribution in [2.24, 2.45) is 0 Å². The van der Waals surface area contributed by atoms with Crippen LogP contribution < -0.4 is 4.74 Å². The van der Waals surface area contributed by atoms with E-state index in [9.17, 15) is 9.18 Å². The SMILES string of the molecule is COc1ccc(F)cc1C(=O)C(C)Br. The molecule has 0 radical (unpaired) electrons. The highest BCUT2D eigenvalue weighted by atomic mass is 79.9. The highest BCUT2D eigenvalue weighted by molar-refractivity contribution is 9.10. The van der Waals surface area contributed by atoms with Crippen molar-refractivity contribution in [2.45, 2.75) is 11.8 Å². The lowest BCUT2D eigenvalue weighted by Gasteiger charge is -2.08. The molecule has 1 rings (SSSR count). The number of rotatable bonds is 3. The van der Waals surface area contributed by atoms with Crippen LogP contribution in [0.5, 0.6) is 5.75 Å². The third-order valence-electron chi connectivity index (χ3n) is 1.79. The van der Waals surface area contributed by atoms with Gasteiger partial charge in [-0.05, 0) is 25.1 Å². The third kappa shape index (κ3) is 2.32. The monoisotopic (exact) mass is 260 g/mol. The third-order valence-corrected chi connectivity index (χ3v) is 2.20. The van der Waals surface area contributed by atoms with Crippen LogP contribution in [0.15, 0.2) is 18.2 Å². The van der Waals surface area contributed by atoms with E-state index < -0.39 is 5.82 Å². The van der Waals surface area contributed by atoms with Gasteiger partial charge in [0.05, 0.1) is 17.5 Å². The van der Waals surface area contributed by atoms with E-state index >= 15 is 0 Å². The second kappa shape index (κ2) is 4.55. The molecule has 2 nitrogen and oxygen atoms in total. The topological polar surface area (TPSA) is 26.3 Å². The van der Waals surface area contributed by atoms with Crippen molar-refractivity contribution in [3.05, 3.63) is 29.6 Å². The molecule has 1 aromatic carbocycles. The zero-order valence-corrected chi connectivity index (χ0v) is 9.47. The van der Waals surface area contributed by atoms with Gasteiger partial charge in [0.15, 0.2) is 5.78 Å². The number of benzene rings is 1. The van der Waals surface area contributed by atoms with Gasteiger partial charge in [0.2, 0.25) is 0 Å². The first-order valence-corrected chi connectivity index (χ1v) is 4.99. The molecule has 0 aromatic heterocycles. The lowest BCUT2D eigenvalue weighted by molar-refractivity contribution is 0.0992. The first kappa shape index (κ1) is 11.2. The van der Waals surface area contributed by atoms with E-state index in [1.54, 1.807) is 6.92 Å². The fourth-order valence-electron chi connectivity index (χ4n) is 1.09. The Bertz CT molecular complexity index is 350. The molecule has 4 heteroatoms. The second-order valence-corrected chi connectivity index (χ2v) is 4.20. The van der Waals surface area contributed by atoms with Crippen molar-refractivity contribution in [1.82, 2.24) is 0 Å². The van der Waals surface area contributed by atoms with Crippen molar-refractivity contribution >= 4 is 21.7 Å².